The first-order valence-corrected chi connectivity index (χ1v) is 8.58. The van der Waals surface area contributed by atoms with Crippen molar-refractivity contribution in [3.05, 3.63) is 106 Å². The number of anilines is 1. The first kappa shape index (κ1) is 18.8. The third kappa shape index (κ3) is 5.25. The number of hydrogen-bond acceptors (Lipinski definition) is 4. The normalized spacial score (nSPS) is 10.6. The number of amides is 2. The fourth-order valence-electron chi connectivity index (χ4n) is 2.45. The lowest BCUT2D eigenvalue weighted by Gasteiger charge is -2.18. The molecule has 0 aliphatic carbocycles. The molecule has 0 aromatic heterocycles. The van der Waals surface area contributed by atoms with Gasteiger partial charge >= 0.3 is 6.03 Å². The Morgan fingerprint density at radius 3 is 2.18 bits per heavy atom. The highest BCUT2D eigenvalue weighted by Crippen LogP contribution is 2.13. The lowest BCUT2D eigenvalue weighted by molar-refractivity contribution is -0.384. The minimum atomic E-state index is -0.462. The molecule has 7 heteroatoms. The van der Waals surface area contributed by atoms with Crippen molar-refractivity contribution in [3.63, 3.8) is 0 Å². The van der Waals surface area contributed by atoms with Crippen LogP contribution in [0.1, 0.15) is 11.1 Å². The van der Waals surface area contributed by atoms with Crippen LogP contribution in [0, 0.1) is 10.1 Å². The van der Waals surface area contributed by atoms with Gasteiger partial charge in [0.05, 0.1) is 17.7 Å². The summed E-state index contributed by atoms with van der Waals surface area (Å²) in [6.07, 6.45) is 1.50. The van der Waals surface area contributed by atoms with Crippen LogP contribution in [0.4, 0.5) is 16.2 Å². The van der Waals surface area contributed by atoms with E-state index in [2.05, 4.69) is 10.4 Å². The predicted molar refractivity (Wildman–Crippen MR) is 108 cm³/mol. The number of carbonyl (C=O) groups excluding carboxylic acids is 1. The average Bonchev–Trinajstić information content (AvgIpc) is 2.73. The smallest absolute Gasteiger partial charge is 0.306 e. The highest BCUT2D eigenvalue weighted by atomic mass is 16.6. The summed E-state index contributed by atoms with van der Waals surface area (Å²) in [7, 11) is 0. The average molecular weight is 374 g/mol. The molecular weight excluding hydrogens is 356 g/mol. The Kier molecular flexibility index (Phi) is 6.10. The number of nitrogens with one attached hydrogen (secondary N) is 1. The second-order valence-electron chi connectivity index (χ2n) is 5.93. The molecule has 28 heavy (non-hydrogen) atoms. The molecule has 0 fully saturated rings. The van der Waals surface area contributed by atoms with E-state index in [1.54, 1.807) is 24.3 Å². The van der Waals surface area contributed by atoms with Crippen LogP contribution in [-0.4, -0.2) is 22.2 Å². The molecule has 0 radical (unpaired) electrons. The fourth-order valence-corrected chi connectivity index (χ4v) is 2.45. The van der Waals surface area contributed by atoms with Crippen LogP contribution >= 0.6 is 0 Å². The molecule has 3 rings (SSSR count). The zero-order valence-electron chi connectivity index (χ0n) is 14.9. The zero-order chi connectivity index (χ0) is 19.8. The van der Waals surface area contributed by atoms with E-state index in [4.69, 9.17) is 0 Å². The van der Waals surface area contributed by atoms with E-state index in [1.165, 1.54) is 23.4 Å². The quantitative estimate of drug-likeness (QED) is 0.386. The lowest BCUT2D eigenvalue weighted by atomic mass is 10.2. The molecule has 0 unspecified atom stereocenters. The number of hydrazone groups is 1. The molecule has 0 aliphatic heterocycles. The fraction of sp³-hybridized carbons (Fsp3) is 0.0476. The molecule has 0 saturated carbocycles. The third-order valence-corrected chi connectivity index (χ3v) is 3.88. The molecule has 3 aromatic rings. The van der Waals surface area contributed by atoms with Gasteiger partial charge in [0.1, 0.15) is 0 Å². The van der Waals surface area contributed by atoms with Gasteiger partial charge in [-0.05, 0) is 35.4 Å². The Morgan fingerprint density at radius 2 is 1.57 bits per heavy atom. The topological polar surface area (TPSA) is 87.8 Å². The van der Waals surface area contributed by atoms with Gasteiger partial charge in [-0.15, -0.1) is 0 Å². The Balaban J connectivity index is 1.78. The Hall–Kier alpha value is -4.00. The number of nitrogens with zero attached hydrogens (tertiary/aromatic N) is 3. The molecule has 2 amide bonds. The number of para-hydroxylation sites is 1. The first-order valence-electron chi connectivity index (χ1n) is 8.58. The minimum absolute atomic E-state index is 0.000104. The monoisotopic (exact) mass is 374 g/mol. The van der Waals surface area contributed by atoms with Crippen molar-refractivity contribution in [1.82, 2.24) is 5.01 Å². The van der Waals surface area contributed by atoms with Gasteiger partial charge in [-0.1, -0.05) is 48.5 Å². The van der Waals surface area contributed by atoms with E-state index in [-0.39, 0.29) is 18.3 Å². The van der Waals surface area contributed by atoms with Gasteiger partial charge in [-0.25, -0.2) is 9.80 Å². The molecule has 0 bridgehead atoms. The number of rotatable bonds is 6. The van der Waals surface area contributed by atoms with Gasteiger partial charge in [-0.2, -0.15) is 5.10 Å². The summed E-state index contributed by atoms with van der Waals surface area (Å²) in [6.45, 7) is 0.281. The molecule has 3 aromatic carbocycles. The predicted octanol–water partition coefficient (Wildman–Crippen LogP) is 4.66. The number of nitro groups is 1. The number of hydrogen-bond donors (Lipinski definition) is 1. The van der Waals surface area contributed by atoms with E-state index in [1.807, 2.05) is 48.5 Å². The molecule has 0 spiro atoms. The molecule has 0 saturated heterocycles. The molecule has 0 heterocycles. The van der Waals surface area contributed by atoms with Crippen molar-refractivity contribution in [2.75, 3.05) is 5.32 Å². The van der Waals surface area contributed by atoms with Crippen LogP contribution < -0.4 is 5.32 Å². The second kappa shape index (κ2) is 9.09. The van der Waals surface area contributed by atoms with Gasteiger partial charge in [0.15, 0.2) is 0 Å². The van der Waals surface area contributed by atoms with E-state index < -0.39 is 4.92 Å². The van der Waals surface area contributed by atoms with Crippen molar-refractivity contribution >= 4 is 23.6 Å². The molecule has 140 valence electrons. The van der Waals surface area contributed by atoms with Gasteiger partial charge in [0.25, 0.3) is 5.69 Å². The standard InChI is InChI=1S/C21H18N4O3/c26-21(23-19-9-5-2-6-10-19)24(16-18-7-3-1-4-8-18)22-15-17-11-13-20(14-12-17)25(27)28/h1-15H,16H2,(H,23,26)/b22-15+. The second-order valence-corrected chi connectivity index (χ2v) is 5.93. The molecule has 0 atom stereocenters. The van der Waals surface area contributed by atoms with Crippen LogP contribution in [0.3, 0.4) is 0 Å². The summed E-state index contributed by atoms with van der Waals surface area (Å²) < 4.78 is 0. The highest BCUT2D eigenvalue weighted by molar-refractivity contribution is 5.90. The number of urea groups is 1. The maximum Gasteiger partial charge on any atom is 0.342 e. The number of nitro benzene ring substituents is 1. The molecule has 0 aliphatic rings. The van der Waals surface area contributed by atoms with Gasteiger partial charge in [0.2, 0.25) is 0 Å². The van der Waals surface area contributed by atoms with Gasteiger partial charge < -0.3 is 5.32 Å². The van der Waals surface area contributed by atoms with E-state index >= 15 is 0 Å². The van der Waals surface area contributed by atoms with Crippen LogP contribution in [0.2, 0.25) is 0 Å². The van der Waals surface area contributed by atoms with Crippen LogP contribution in [0.15, 0.2) is 90.0 Å². The Bertz CT molecular complexity index is 958. The van der Waals surface area contributed by atoms with Crippen molar-refractivity contribution in [2.24, 2.45) is 5.10 Å². The van der Waals surface area contributed by atoms with E-state index in [0.29, 0.717) is 11.3 Å². The van der Waals surface area contributed by atoms with Crippen LogP contribution in [0.5, 0.6) is 0 Å². The largest absolute Gasteiger partial charge is 0.342 e. The number of benzene rings is 3. The number of carbonyl (C=O) groups is 1. The van der Waals surface area contributed by atoms with Crippen LogP contribution in [0.25, 0.3) is 0 Å². The summed E-state index contributed by atoms with van der Waals surface area (Å²) in [5.74, 6) is 0. The summed E-state index contributed by atoms with van der Waals surface area (Å²) in [5.41, 5.74) is 2.24. The lowest BCUT2D eigenvalue weighted by Crippen LogP contribution is -2.30. The van der Waals surface area contributed by atoms with Gasteiger partial charge in [0, 0.05) is 17.8 Å². The maximum absolute atomic E-state index is 12.7. The summed E-state index contributed by atoms with van der Waals surface area (Å²) in [5, 5.41) is 19.2. The van der Waals surface area contributed by atoms with E-state index in [9.17, 15) is 14.9 Å². The Labute approximate surface area is 162 Å². The SMILES string of the molecule is O=C(Nc1ccccc1)N(Cc1ccccc1)/N=C/c1ccc([N+](=O)[O-])cc1. The summed E-state index contributed by atoms with van der Waals surface area (Å²) in [4.78, 5) is 23.0. The van der Waals surface area contributed by atoms with Gasteiger partial charge in [-0.3, -0.25) is 10.1 Å². The highest BCUT2D eigenvalue weighted by Gasteiger charge is 2.13. The molecule has 1 N–H and O–H groups in total. The maximum atomic E-state index is 12.7. The molecular formula is C21H18N4O3. The minimum Gasteiger partial charge on any atom is -0.306 e. The van der Waals surface area contributed by atoms with E-state index in [0.717, 1.165) is 5.56 Å². The summed E-state index contributed by atoms with van der Waals surface area (Å²) in [6, 6.07) is 24.2. The zero-order valence-corrected chi connectivity index (χ0v) is 14.9. The Morgan fingerprint density at radius 1 is 0.964 bits per heavy atom. The van der Waals surface area contributed by atoms with Crippen molar-refractivity contribution in [1.29, 1.82) is 0 Å². The molecule has 7 nitrogen and oxygen atoms in total. The van der Waals surface area contributed by atoms with Crippen molar-refractivity contribution in [2.45, 2.75) is 6.54 Å². The first-order chi connectivity index (χ1) is 13.6. The van der Waals surface area contributed by atoms with Crippen LogP contribution in [-0.2, 0) is 6.54 Å². The van der Waals surface area contributed by atoms with Crippen molar-refractivity contribution < 1.29 is 9.72 Å². The number of non-ortho nitro benzene ring substituents is 1. The third-order valence-electron chi connectivity index (χ3n) is 3.88. The summed E-state index contributed by atoms with van der Waals surface area (Å²) >= 11 is 0. The van der Waals surface area contributed by atoms with Crippen molar-refractivity contribution in [3.8, 4) is 0 Å².